The van der Waals surface area contributed by atoms with Gasteiger partial charge in [-0.1, -0.05) is 13.8 Å². The molecule has 4 aliphatic carbocycles. The van der Waals surface area contributed by atoms with Crippen LogP contribution in [0.5, 0.6) is 0 Å². The molecule has 0 saturated heterocycles. The Hall–Kier alpha value is -2.51. The molecule has 5 rings (SSSR count). The van der Waals surface area contributed by atoms with Crippen LogP contribution < -0.4 is 10.6 Å². The second kappa shape index (κ2) is 7.63. The topological polar surface area (TPSA) is 101 Å². The monoisotopic (exact) mass is 417 g/mol. The summed E-state index contributed by atoms with van der Waals surface area (Å²) in [5.41, 5.74) is -0.939. The maximum absolute atomic E-state index is 13.6. The lowest BCUT2D eigenvalue weighted by Gasteiger charge is -2.55. The molecular weight excluding hydrogens is 389 g/mol. The Morgan fingerprint density at radius 1 is 1.13 bits per heavy atom. The molecule has 0 radical (unpaired) electrons. The first-order valence-corrected chi connectivity index (χ1v) is 10.7. The van der Waals surface area contributed by atoms with Gasteiger partial charge in [-0.25, -0.2) is 0 Å². The van der Waals surface area contributed by atoms with Crippen molar-refractivity contribution < 1.29 is 18.9 Å². The van der Waals surface area contributed by atoms with E-state index in [0.717, 1.165) is 31.4 Å². The SMILES string of the molecule is CC(C)C(NC(=O)C12CC3CC(CC(C3)C1)C2)C(=O)Nc1ccc(F)c([N+](=O)[O-])c1. The fraction of sp³-hybridized carbons (Fsp3) is 0.636. The third-order valence-corrected chi connectivity index (χ3v) is 7.17. The molecule has 4 saturated carbocycles. The second-order valence-electron chi connectivity index (χ2n) is 9.81. The highest BCUT2D eigenvalue weighted by Crippen LogP contribution is 2.60. The summed E-state index contributed by atoms with van der Waals surface area (Å²) in [6, 6.07) is 2.45. The molecule has 2 amide bonds. The molecule has 7 nitrogen and oxygen atoms in total. The number of nitrogens with one attached hydrogen (secondary N) is 2. The predicted molar refractivity (Wildman–Crippen MR) is 109 cm³/mol. The number of rotatable bonds is 6. The average molecular weight is 417 g/mol. The van der Waals surface area contributed by atoms with Gasteiger partial charge in [-0.05, 0) is 74.3 Å². The smallest absolute Gasteiger partial charge is 0.306 e. The van der Waals surface area contributed by atoms with Crippen LogP contribution in [0.15, 0.2) is 18.2 Å². The first-order valence-electron chi connectivity index (χ1n) is 10.7. The lowest BCUT2D eigenvalue weighted by molar-refractivity contribution is -0.387. The zero-order valence-corrected chi connectivity index (χ0v) is 17.3. The number of benzene rings is 1. The van der Waals surface area contributed by atoms with Gasteiger partial charge in [0.15, 0.2) is 0 Å². The molecule has 30 heavy (non-hydrogen) atoms. The van der Waals surface area contributed by atoms with Gasteiger partial charge in [0.2, 0.25) is 17.6 Å². The molecular formula is C22H28FN3O4. The Bertz CT molecular complexity index is 850. The van der Waals surface area contributed by atoms with Crippen LogP contribution in [0, 0.1) is 45.0 Å². The first-order chi connectivity index (χ1) is 14.2. The van der Waals surface area contributed by atoms with Crippen molar-refractivity contribution >= 4 is 23.2 Å². The minimum atomic E-state index is -0.964. The van der Waals surface area contributed by atoms with Gasteiger partial charge in [-0.2, -0.15) is 4.39 Å². The summed E-state index contributed by atoms with van der Waals surface area (Å²) >= 11 is 0. The molecule has 0 heterocycles. The van der Waals surface area contributed by atoms with Gasteiger partial charge in [-0.15, -0.1) is 0 Å². The van der Waals surface area contributed by atoms with Crippen LogP contribution in [0.1, 0.15) is 52.4 Å². The van der Waals surface area contributed by atoms with Crippen molar-refractivity contribution in [2.24, 2.45) is 29.1 Å². The van der Waals surface area contributed by atoms with Crippen molar-refractivity contribution in [2.45, 2.75) is 58.4 Å². The number of nitro groups is 1. The van der Waals surface area contributed by atoms with Crippen LogP contribution in [-0.2, 0) is 9.59 Å². The van der Waals surface area contributed by atoms with E-state index < -0.39 is 28.4 Å². The molecule has 8 heteroatoms. The lowest BCUT2D eigenvalue weighted by Crippen LogP contribution is -2.57. The van der Waals surface area contributed by atoms with Crippen LogP contribution in [0.3, 0.4) is 0 Å². The van der Waals surface area contributed by atoms with Crippen molar-refractivity contribution in [3.8, 4) is 0 Å². The van der Waals surface area contributed by atoms with Crippen LogP contribution in [0.25, 0.3) is 0 Å². The maximum Gasteiger partial charge on any atom is 0.306 e. The number of carbonyl (C=O) groups is 2. The van der Waals surface area contributed by atoms with Crippen molar-refractivity contribution in [2.75, 3.05) is 5.32 Å². The number of halogens is 1. The van der Waals surface area contributed by atoms with E-state index in [1.807, 2.05) is 13.8 Å². The van der Waals surface area contributed by atoms with E-state index in [1.165, 1.54) is 25.3 Å². The van der Waals surface area contributed by atoms with Crippen molar-refractivity contribution in [3.05, 3.63) is 34.1 Å². The van der Waals surface area contributed by atoms with E-state index >= 15 is 0 Å². The largest absolute Gasteiger partial charge is 0.344 e. The molecule has 1 unspecified atom stereocenters. The minimum Gasteiger partial charge on any atom is -0.344 e. The van der Waals surface area contributed by atoms with Crippen LogP contribution in [-0.4, -0.2) is 22.8 Å². The molecule has 2 N–H and O–H groups in total. The van der Waals surface area contributed by atoms with Gasteiger partial charge in [-0.3, -0.25) is 19.7 Å². The molecule has 1 aromatic carbocycles. The van der Waals surface area contributed by atoms with Gasteiger partial charge in [0.25, 0.3) is 0 Å². The van der Waals surface area contributed by atoms with E-state index in [2.05, 4.69) is 10.6 Å². The number of hydrogen-bond donors (Lipinski definition) is 2. The molecule has 4 fully saturated rings. The molecule has 4 bridgehead atoms. The standard InChI is InChI=1S/C22H28FN3O4/c1-12(2)19(20(27)24-16-3-4-17(23)18(8-16)26(29)30)25-21(28)22-9-13-5-14(10-22)7-15(6-13)11-22/h3-4,8,12-15,19H,5-7,9-11H2,1-2H3,(H,24,27)(H,25,28). The number of amides is 2. The maximum atomic E-state index is 13.6. The molecule has 1 atom stereocenters. The van der Waals surface area contributed by atoms with Gasteiger partial charge in [0.1, 0.15) is 6.04 Å². The summed E-state index contributed by atoms with van der Waals surface area (Å²) < 4.78 is 13.6. The van der Waals surface area contributed by atoms with Crippen LogP contribution >= 0.6 is 0 Å². The quantitative estimate of drug-likeness (QED) is 0.539. The Balaban J connectivity index is 1.48. The van der Waals surface area contributed by atoms with Gasteiger partial charge < -0.3 is 10.6 Å². The second-order valence-corrected chi connectivity index (χ2v) is 9.81. The number of carbonyl (C=O) groups excluding carboxylic acids is 2. The number of anilines is 1. The molecule has 0 spiro atoms. The molecule has 162 valence electrons. The van der Waals surface area contributed by atoms with E-state index in [9.17, 15) is 24.1 Å². The highest BCUT2D eigenvalue weighted by Gasteiger charge is 2.55. The Labute approximate surface area is 174 Å². The normalized spacial score (nSPS) is 30.2. The highest BCUT2D eigenvalue weighted by atomic mass is 19.1. The summed E-state index contributed by atoms with van der Waals surface area (Å²) in [4.78, 5) is 36.3. The summed E-state index contributed by atoms with van der Waals surface area (Å²) in [6.07, 6.45) is 6.39. The summed E-state index contributed by atoms with van der Waals surface area (Å²) in [5, 5.41) is 16.5. The first kappa shape index (κ1) is 20.8. The minimum absolute atomic E-state index is 0.0412. The number of nitrogens with zero attached hydrogens (tertiary/aromatic N) is 1. The van der Waals surface area contributed by atoms with Crippen LogP contribution in [0.4, 0.5) is 15.8 Å². The van der Waals surface area contributed by atoms with Crippen molar-refractivity contribution in [1.29, 1.82) is 0 Å². The third kappa shape index (κ3) is 3.79. The van der Waals surface area contributed by atoms with Gasteiger partial charge >= 0.3 is 5.69 Å². The fourth-order valence-corrected chi connectivity index (χ4v) is 6.17. The highest BCUT2D eigenvalue weighted by molar-refractivity contribution is 5.98. The molecule has 0 aliphatic heterocycles. The number of nitro benzene ring substituents is 1. The van der Waals surface area contributed by atoms with E-state index in [-0.39, 0.29) is 22.9 Å². The predicted octanol–water partition coefficient (Wildman–Crippen LogP) is 4.03. The molecule has 4 aliphatic rings. The van der Waals surface area contributed by atoms with Crippen molar-refractivity contribution in [1.82, 2.24) is 5.32 Å². The third-order valence-electron chi connectivity index (χ3n) is 7.17. The van der Waals surface area contributed by atoms with Gasteiger partial charge in [0.05, 0.1) is 4.92 Å². The Kier molecular flexibility index (Phi) is 5.28. The van der Waals surface area contributed by atoms with E-state index in [4.69, 9.17) is 0 Å². The summed E-state index contributed by atoms with van der Waals surface area (Å²) in [5.74, 6) is 0.227. The zero-order chi connectivity index (χ0) is 21.6. The summed E-state index contributed by atoms with van der Waals surface area (Å²) in [7, 11) is 0. The zero-order valence-electron chi connectivity index (χ0n) is 17.3. The molecule has 1 aromatic rings. The Morgan fingerprint density at radius 3 is 2.20 bits per heavy atom. The lowest BCUT2D eigenvalue weighted by atomic mass is 9.49. The number of hydrogen-bond acceptors (Lipinski definition) is 4. The van der Waals surface area contributed by atoms with Gasteiger partial charge in [0, 0.05) is 17.2 Å². The van der Waals surface area contributed by atoms with Crippen LogP contribution in [0.2, 0.25) is 0 Å². The van der Waals surface area contributed by atoms with E-state index in [1.54, 1.807) is 0 Å². The van der Waals surface area contributed by atoms with Crippen molar-refractivity contribution in [3.63, 3.8) is 0 Å². The average Bonchev–Trinajstić information content (AvgIpc) is 2.65. The van der Waals surface area contributed by atoms with E-state index in [0.29, 0.717) is 17.8 Å². The molecule has 0 aromatic heterocycles. The Morgan fingerprint density at radius 2 is 1.70 bits per heavy atom. The fourth-order valence-electron chi connectivity index (χ4n) is 6.17. The summed E-state index contributed by atoms with van der Waals surface area (Å²) in [6.45, 7) is 3.69.